The first-order valence-corrected chi connectivity index (χ1v) is 12.6. The predicted molar refractivity (Wildman–Crippen MR) is 128 cm³/mol. The van der Waals surface area contributed by atoms with Gasteiger partial charge in [-0.2, -0.15) is 0 Å². The Morgan fingerprint density at radius 3 is 2.52 bits per heavy atom. The van der Waals surface area contributed by atoms with Crippen LogP contribution in [0.25, 0.3) is 5.52 Å². The molecule has 2 atom stereocenters. The number of halogens is 1. The maximum atomic E-state index is 14.2. The average molecular weight is 464 g/mol. The van der Waals surface area contributed by atoms with Gasteiger partial charge in [-0.25, -0.2) is 0 Å². The van der Waals surface area contributed by atoms with Crippen molar-refractivity contribution in [3.05, 3.63) is 71.3 Å². The molecule has 6 rings (SSSR count). The highest BCUT2D eigenvalue weighted by molar-refractivity contribution is 6.30. The number of nitrogens with zero attached hydrogens (tertiary/aromatic N) is 3. The zero-order valence-electron chi connectivity index (χ0n) is 18.8. The summed E-state index contributed by atoms with van der Waals surface area (Å²) < 4.78 is 7.83. The number of hydrogen-bond donors (Lipinski definition) is 0. The van der Waals surface area contributed by atoms with Gasteiger partial charge in [-0.05, 0) is 80.7 Å². The molecule has 3 aliphatic rings. The molecular weight excluding hydrogens is 434 g/mol. The number of carbonyl (C=O) groups excluding carboxylic acids is 1. The summed E-state index contributed by atoms with van der Waals surface area (Å²) in [4.78, 5) is 21.2. The molecule has 2 aromatic heterocycles. The largest absolute Gasteiger partial charge is 0.381 e. The van der Waals surface area contributed by atoms with E-state index in [4.69, 9.17) is 21.3 Å². The molecule has 1 amide bonds. The molecule has 2 bridgehead atoms. The number of hydrogen-bond acceptors (Lipinski definition) is 3. The molecule has 3 fully saturated rings. The quantitative estimate of drug-likeness (QED) is 0.544. The number of ether oxygens (including phenoxy) is 1. The SMILES string of the molecule is O=C(N1[C@H]2CC[C@H]1CC(Cc1nccn3cccc13)C2)C1(c2ccc(Cl)cc2)CCOCC1. The van der Waals surface area contributed by atoms with E-state index in [9.17, 15) is 4.79 Å². The average Bonchev–Trinajstić information content (AvgIpc) is 3.42. The maximum Gasteiger partial charge on any atom is 0.233 e. The second-order valence-corrected chi connectivity index (χ2v) is 10.5. The Bertz CT molecular complexity index is 1140. The molecule has 0 saturated carbocycles. The highest BCUT2D eigenvalue weighted by atomic mass is 35.5. The van der Waals surface area contributed by atoms with Gasteiger partial charge >= 0.3 is 0 Å². The van der Waals surface area contributed by atoms with Crippen molar-refractivity contribution in [3.63, 3.8) is 0 Å². The third kappa shape index (κ3) is 3.66. The second-order valence-electron chi connectivity index (χ2n) is 10.0. The second kappa shape index (κ2) is 8.44. The van der Waals surface area contributed by atoms with Gasteiger partial charge in [0.25, 0.3) is 0 Å². The summed E-state index contributed by atoms with van der Waals surface area (Å²) >= 11 is 6.17. The highest BCUT2D eigenvalue weighted by Crippen LogP contribution is 2.45. The first-order valence-electron chi connectivity index (χ1n) is 12.2. The molecular formula is C27H30ClN3O2. The van der Waals surface area contributed by atoms with E-state index < -0.39 is 5.41 Å². The summed E-state index contributed by atoms with van der Waals surface area (Å²) in [7, 11) is 0. The molecule has 0 aliphatic carbocycles. The number of amides is 1. The number of aromatic nitrogens is 2. The van der Waals surface area contributed by atoms with Crippen LogP contribution in [0.4, 0.5) is 0 Å². The smallest absolute Gasteiger partial charge is 0.233 e. The molecule has 5 nitrogen and oxygen atoms in total. The van der Waals surface area contributed by atoms with E-state index in [1.165, 1.54) is 11.2 Å². The summed E-state index contributed by atoms with van der Waals surface area (Å²) in [5.74, 6) is 0.882. The monoisotopic (exact) mass is 463 g/mol. The van der Waals surface area contributed by atoms with E-state index in [1.807, 2.05) is 36.7 Å². The summed E-state index contributed by atoms with van der Waals surface area (Å²) in [5.41, 5.74) is 2.97. The van der Waals surface area contributed by atoms with E-state index in [1.54, 1.807) is 0 Å². The molecule has 0 radical (unpaired) electrons. The topological polar surface area (TPSA) is 46.8 Å². The standard InChI is InChI=1S/C27H30ClN3O2/c28-21-5-3-20(4-6-21)27(9-14-33-15-10-27)26(32)31-22-7-8-23(31)17-19(16-22)18-24-25-2-1-12-30(25)13-11-29-24/h1-6,11-13,19,22-23H,7-10,14-18H2/t22-,23-/m0/s1. The number of carbonyl (C=O) groups is 1. The molecule has 1 aromatic carbocycles. The van der Waals surface area contributed by atoms with Gasteiger partial charge in [0.2, 0.25) is 5.91 Å². The van der Waals surface area contributed by atoms with Gasteiger partial charge in [0.15, 0.2) is 0 Å². The number of fused-ring (bicyclic) bond motifs is 3. The Labute approximate surface area is 199 Å². The Morgan fingerprint density at radius 2 is 1.79 bits per heavy atom. The molecule has 3 saturated heterocycles. The van der Waals surface area contributed by atoms with Crippen LogP contribution in [0.2, 0.25) is 5.02 Å². The van der Waals surface area contributed by atoms with Crippen LogP contribution in [0.3, 0.4) is 0 Å². The Balaban J connectivity index is 1.25. The fourth-order valence-corrected chi connectivity index (χ4v) is 6.74. The lowest BCUT2D eigenvalue weighted by molar-refractivity contribution is -0.146. The molecule has 3 aromatic rings. The third-order valence-corrected chi connectivity index (χ3v) is 8.48. The van der Waals surface area contributed by atoms with E-state index >= 15 is 0 Å². The summed E-state index contributed by atoms with van der Waals surface area (Å²) in [5, 5.41) is 0.709. The van der Waals surface area contributed by atoms with Crippen molar-refractivity contribution in [2.75, 3.05) is 13.2 Å². The lowest BCUT2D eigenvalue weighted by atomic mass is 9.72. The van der Waals surface area contributed by atoms with Crippen LogP contribution in [0.1, 0.15) is 49.8 Å². The van der Waals surface area contributed by atoms with Crippen molar-refractivity contribution in [2.45, 2.75) is 62.4 Å². The molecule has 0 N–H and O–H groups in total. The van der Waals surface area contributed by atoms with Gasteiger partial charge in [0.1, 0.15) is 0 Å². The third-order valence-electron chi connectivity index (χ3n) is 8.23. The minimum atomic E-state index is -0.490. The highest BCUT2D eigenvalue weighted by Gasteiger charge is 2.51. The van der Waals surface area contributed by atoms with Gasteiger partial charge in [-0.3, -0.25) is 9.78 Å². The Kier molecular flexibility index (Phi) is 5.42. The zero-order chi connectivity index (χ0) is 22.4. The summed E-state index contributed by atoms with van der Waals surface area (Å²) in [6, 6.07) is 12.8. The lowest BCUT2D eigenvalue weighted by Crippen LogP contribution is -2.56. The van der Waals surface area contributed by atoms with Crippen LogP contribution in [-0.2, 0) is 21.4 Å². The molecule has 5 heterocycles. The van der Waals surface area contributed by atoms with Crippen LogP contribution in [0.15, 0.2) is 55.0 Å². The fraction of sp³-hybridized carbons (Fsp3) is 0.481. The Hall–Kier alpha value is -2.37. The van der Waals surface area contributed by atoms with Gasteiger partial charge in [0.05, 0.1) is 16.6 Å². The number of piperidine rings is 1. The first kappa shape index (κ1) is 21.2. The summed E-state index contributed by atoms with van der Waals surface area (Å²) in [6.45, 7) is 1.26. The minimum absolute atomic E-state index is 0.311. The molecule has 33 heavy (non-hydrogen) atoms. The van der Waals surface area contributed by atoms with Crippen LogP contribution >= 0.6 is 11.6 Å². The van der Waals surface area contributed by atoms with Gasteiger partial charge in [-0.15, -0.1) is 0 Å². The fourth-order valence-electron chi connectivity index (χ4n) is 6.61. The predicted octanol–water partition coefficient (Wildman–Crippen LogP) is 5.05. The van der Waals surface area contributed by atoms with Crippen molar-refractivity contribution in [3.8, 4) is 0 Å². The van der Waals surface area contributed by atoms with Crippen molar-refractivity contribution < 1.29 is 9.53 Å². The van der Waals surface area contributed by atoms with Crippen molar-refractivity contribution in [1.82, 2.24) is 14.3 Å². The van der Waals surface area contributed by atoms with Gasteiger partial charge in [-0.1, -0.05) is 23.7 Å². The van der Waals surface area contributed by atoms with E-state index in [2.05, 4.69) is 27.6 Å². The normalized spacial score (nSPS) is 26.6. The maximum absolute atomic E-state index is 14.2. The van der Waals surface area contributed by atoms with Crippen molar-refractivity contribution >= 4 is 23.0 Å². The van der Waals surface area contributed by atoms with Crippen LogP contribution in [-0.4, -0.2) is 45.5 Å². The molecule has 172 valence electrons. The minimum Gasteiger partial charge on any atom is -0.381 e. The van der Waals surface area contributed by atoms with Crippen LogP contribution in [0.5, 0.6) is 0 Å². The summed E-state index contributed by atoms with van der Waals surface area (Å²) in [6.07, 6.45) is 12.8. The van der Waals surface area contributed by atoms with E-state index in [-0.39, 0.29) is 0 Å². The van der Waals surface area contributed by atoms with Crippen LogP contribution < -0.4 is 0 Å². The lowest BCUT2D eigenvalue weighted by Gasteiger charge is -2.46. The van der Waals surface area contributed by atoms with E-state index in [0.717, 1.165) is 50.5 Å². The Morgan fingerprint density at radius 1 is 1.06 bits per heavy atom. The van der Waals surface area contributed by atoms with Gasteiger partial charge in [0, 0.05) is 48.9 Å². The van der Waals surface area contributed by atoms with E-state index in [0.29, 0.717) is 42.1 Å². The van der Waals surface area contributed by atoms with Gasteiger partial charge < -0.3 is 14.0 Å². The molecule has 0 spiro atoms. The van der Waals surface area contributed by atoms with Crippen LogP contribution in [0, 0.1) is 5.92 Å². The molecule has 3 aliphatic heterocycles. The molecule has 0 unspecified atom stereocenters. The molecule has 6 heteroatoms. The van der Waals surface area contributed by atoms with Crippen molar-refractivity contribution in [1.29, 1.82) is 0 Å². The zero-order valence-corrected chi connectivity index (χ0v) is 19.6. The number of rotatable bonds is 4. The van der Waals surface area contributed by atoms with Crippen molar-refractivity contribution in [2.24, 2.45) is 5.92 Å². The first-order chi connectivity index (χ1) is 16.1. The number of benzene rings is 1.